The normalized spacial score (nSPS) is 10.2. The van der Waals surface area contributed by atoms with E-state index < -0.39 is 0 Å². The van der Waals surface area contributed by atoms with Crippen molar-refractivity contribution in [1.82, 2.24) is 9.55 Å². The Morgan fingerprint density at radius 3 is 2.85 bits per heavy atom. The number of nitrogens with zero attached hydrogens (tertiary/aromatic N) is 1. The van der Waals surface area contributed by atoms with Crippen LogP contribution in [0.1, 0.15) is 11.7 Å². The van der Waals surface area contributed by atoms with E-state index in [1.54, 1.807) is 17.7 Å². The van der Waals surface area contributed by atoms with E-state index in [2.05, 4.69) is 4.98 Å². The first kappa shape index (κ1) is 7.86. The molecule has 3 nitrogen and oxygen atoms in total. The monoisotopic (exact) mass is 174 g/mol. The van der Waals surface area contributed by atoms with Crippen molar-refractivity contribution in [3.8, 4) is 11.4 Å². The summed E-state index contributed by atoms with van der Waals surface area (Å²) in [5.74, 6) is 0.0228. The quantitative estimate of drug-likeness (QED) is 0.706. The first-order chi connectivity index (χ1) is 6.29. The van der Waals surface area contributed by atoms with Gasteiger partial charge >= 0.3 is 0 Å². The third kappa shape index (κ3) is 1.28. The van der Waals surface area contributed by atoms with Gasteiger partial charge < -0.3 is 4.98 Å². The number of aromatic amines is 1. The maximum absolute atomic E-state index is 11.2. The molecular formula is C10H10N2O. The summed E-state index contributed by atoms with van der Waals surface area (Å²) < 4.78 is 1.62. The molecule has 66 valence electrons. The van der Waals surface area contributed by atoms with Crippen LogP contribution in [0.4, 0.5) is 0 Å². The summed E-state index contributed by atoms with van der Waals surface area (Å²) in [6.45, 7) is 1.55. The molecular weight excluding hydrogens is 164 g/mol. The molecule has 2 heterocycles. The molecule has 13 heavy (non-hydrogen) atoms. The number of hydrogen-bond donors (Lipinski definition) is 1. The van der Waals surface area contributed by atoms with Crippen molar-refractivity contribution in [3.63, 3.8) is 0 Å². The summed E-state index contributed by atoms with van der Waals surface area (Å²) in [5, 5.41) is 0. The molecule has 0 aliphatic heterocycles. The Kier molecular flexibility index (Phi) is 1.77. The minimum Gasteiger partial charge on any atom is -0.360 e. The number of rotatable bonds is 1. The van der Waals surface area contributed by atoms with E-state index in [4.69, 9.17) is 0 Å². The molecule has 0 radical (unpaired) electrons. The van der Waals surface area contributed by atoms with Gasteiger partial charge in [-0.15, -0.1) is 0 Å². The van der Waals surface area contributed by atoms with E-state index in [9.17, 15) is 4.79 Å². The summed E-state index contributed by atoms with van der Waals surface area (Å²) in [6.07, 6.45) is 3.60. The zero-order valence-electron chi connectivity index (χ0n) is 7.32. The first-order valence-corrected chi connectivity index (χ1v) is 4.11. The molecule has 0 saturated heterocycles. The van der Waals surface area contributed by atoms with Gasteiger partial charge in [0, 0.05) is 19.3 Å². The average Bonchev–Trinajstić information content (AvgIpc) is 2.74. The minimum atomic E-state index is 0.0228. The minimum absolute atomic E-state index is 0.0228. The number of H-pyrrole nitrogens is 1. The van der Waals surface area contributed by atoms with Crippen molar-refractivity contribution < 1.29 is 4.79 Å². The molecule has 1 N–H and O–H groups in total. The van der Waals surface area contributed by atoms with Crippen LogP contribution in [-0.2, 0) is 0 Å². The second-order valence-corrected chi connectivity index (χ2v) is 2.87. The number of aromatic nitrogens is 2. The zero-order valence-corrected chi connectivity index (χ0v) is 7.32. The van der Waals surface area contributed by atoms with Crippen molar-refractivity contribution >= 4 is 5.91 Å². The molecule has 2 aromatic rings. The summed E-state index contributed by atoms with van der Waals surface area (Å²) in [6, 6.07) is 7.62. The average molecular weight is 174 g/mol. The number of carbonyl (C=O) groups excluding carboxylic acids is 1. The van der Waals surface area contributed by atoms with Gasteiger partial charge in [-0.05, 0) is 24.3 Å². The lowest BCUT2D eigenvalue weighted by molar-refractivity contribution is 0.0938. The van der Waals surface area contributed by atoms with Gasteiger partial charge in [-0.25, -0.2) is 0 Å². The van der Waals surface area contributed by atoms with Crippen LogP contribution >= 0.6 is 0 Å². The Morgan fingerprint density at radius 2 is 2.23 bits per heavy atom. The van der Waals surface area contributed by atoms with E-state index >= 15 is 0 Å². The highest BCUT2D eigenvalue weighted by atomic mass is 16.1. The molecule has 0 aliphatic rings. The van der Waals surface area contributed by atoms with E-state index in [0.717, 1.165) is 11.4 Å². The molecule has 0 unspecified atom stereocenters. The molecule has 0 fully saturated rings. The van der Waals surface area contributed by atoms with Gasteiger partial charge in [0.15, 0.2) is 0 Å². The van der Waals surface area contributed by atoms with Crippen molar-refractivity contribution in [3.05, 3.63) is 36.7 Å². The predicted molar refractivity (Wildman–Crippen MR) is 50.5 cm³/mol. The lowest BCUT2D eigenvalue weighted by Crippen LogP contribution is -2.05. The van der Waals surface area contributed by atoms with Gasteiger partial charge in [0.25, 0.3) is 0 Å². The van der Waals surface area contributed by atoms with Crippen LogP contribution < -0.4 is 0 Å². The SMILES string of the molecule is CC(=O)n1cccc1-c1ccc[nH]1. The molecule has 0 amide bonds. The summed E-state index contributed by atoms with van der Waals surface area (Å²) in [7, 11) is 0. The topological polar surface area (TPSA) is 37.8 Å². The van der Waals surface area contributed by atoms with Gasteiger partial charge in [0.1, 0.15) is 0 Å². The van der Waals surface area contributed by atoms with E-state index in [1.807, 2.05) is 30.5 Å². The molecule has 2 aromatic heterocycles. The van der Waals surface area contributed by atoms with E-state index in [-0.39, 0.29) is 5.91 Å². The number of nitrogens with one attached hydrogen (secondary N) is 1. The number of hydrogen-bond acceptors (Lipinski definition) is 1. The molecule has 0 saturated carbocycles. The van der Waals surface area contributed by atoms with E-state index in [1.165, 1.54) is 0 Å². The smallest absolute Gasteiger partial charge is 0.227 e. The second kappa shape index (κ2) is 2.94. The largest absolute Gasteiger partial charge is 0.360 e. The Morgan fingerprint density at radius 1 is 1.38 bits per heavy atom. The summed E-state index contributed by atoms with van der Waals surface area (Å²) in [5.41, 5.74) is 1.86. The maximum Gasteiger partial charge on any atom is 0.227 e. The Labute approximate surface area is 76.0 Å². The molecule has 2 rings (SSSR count). The molecule has 0 bridgehead atoms. The highest BCUT2D eigenvalue weighted by molar-refractivity contribution is 5.81. The van der Waals surface area contributed by atoms with Crippen molar-refractivity contribution in [2.75, 3.05) is 0 Å². The second-order valence-electron chi connectivity index (χ2n) is 2.87. The lowest BCUT2D eigenvalue weighted by atomic mass is 10.3. The molecule has 3 heteroatoms. The molecule has 0 aliphatic carbocycles. The predicted octanol–water partition coefficient (Wildman–Crippen LogP) is 2.14. The van der Waals surface area contributed by atoms with Crippen LogP contribution in [0.25, 0.3) is 11.4 Å². The fraction of sp³-hybridized carbons (Fsp3) is 0.100. The van der Waals surface area contributed by atoms with Gasteiger partial charge in [0.05, 0.1) is 11.4 Å². The molecule has 0 aromatic carbocycles. The van der Waals surface area contributed by atoms with E-state index in [0.29, 0.717) is 0 Å². The Bertz CT molecular complexity index is 412. The first-order valence-electron chi connectivity index (χ1n) is 4.11. The van der Waals surface area contributed by atoms with Crippen LogP contribution in [0.15, 0.2) is 36.7 Å². The van der Waals surface area contributed by atoms with Crippen molar-refractivity contribution in [1.29, 1.82) is 0 Å². The maximum atomic E-state index is 11.2. The number of carbonyl (C=O) groups is 1. The van der Waals surface area contributed by atoms with Crippen LogP contribution in [-0.4, -0.2) is 15.5 Å². The van der Waals surface area contributed by atoms with Gasteiger partial charge in [0.2, 0.25) is 5.91 Å². The fourth-order valence-corrected chi connectivity index (χ4v) is 1.36. The van der Waals surface area contributed by atoms with Gasteiger partial charge in [-0.1, -0.05) is 0 Å². The fourth-order valence-electron chi connectivity index (χ4n) is 1.36. The van der Waals surface area contributed by atoms with Crippen LogP contribution in [0.3, 0.4) is 0 Å². The Balaban J connectivity index is 2.52. The highest BCUT2D eigenvalue weighted by Crippen LogP contribution is 2.17. The van der Waals surface area contributed by atoms with Crippen molar-refractivity contribution in [2.24, 2.45) is 0 Å². The third-order valence-electron chi connectivity index (χ3n) is 1.96. The highest BCUT2D eigenvalue weighted by Gasteiger charge is 2.06. The zero-order chi connectivity index (χ0) is 9.26. The van der Waals surface area contributed by atoms with Crippen LogP contribution in [0.2, 0.25) is 0 Å². The van der Waals surface area contributed by atoms with Crippen LogP contribution in [0.5, 0.6) is 0 Å². The third-order valence-corrected chi connectivity index (χ3v) is 1.96. The summed E-state index contributed by atoms with van der Waals surface area (Å²) in [4.78, 5) is 14.2. The van der Waals surface area contributed by atoms with Gasteiger partial charge in [-0.2, -0.15) is 0 Å². The van der Waals surface area contributed by atoms with Gasteiger partial charge in [-0.3, -0.25) is 9.36 Å². The Hall–Kier alpha value is -1.77. The lowest BCUT2D eigenvalue weighted by Gasteiger charge is -2.01. The summed E-state index contributed by atoms with van der Waals surface area (Å²) >= 11 is 0. The van der Waals surface area contributed by atoms with Crippen LogP contribution in [0, 0.1) is 0 Å². The molecule has 0 atom stereocenters. The standard InChI is InChI=1S/C10H10N2O/c1-8(13)12-7-3-5-10(12)9-4-2-6-11-9/h2-7,11H,1H3. The van der Waals surface area contributed by atoms with Crippen molar-refractivity contribution in [2.45, 2.75) is 6.92 Å². The molecule has 0 spiro atoms.